The van der Waals surface area contributed by atoms with Crippen LogP contribution in [0.3, 0.4) is 0 Å². The molecule has 2 aliphatic rings. The van der Waals surface area contributed by atoms with Crippen LogP contribution >= 0.6 is 11.8 Å². The smallest absolute Gasteiger partial charge is 0.0297 e. The van der Waals surface area contributed by atoms with E-state index in [1.165, 1.54) is 57.2 Å². The van der Waals surface area contributed by atoms with E-state index in [4.69, 9.17) is 0 Å². The lowest BCUT2D eigenvalue weighted by atomic mass is 9.81. The first-order valence-corrected chi connectivity index (χ1v) is 7.29. The molecule has 0 aromatic heterocycles. The van der Waals surface area contributed by atoms with Crippen LogP contribution in [0.5, 0.6) is 0 Å². The molecule has 2 rings (SSSR count). The van der Waals surface area contributed by atoms with Gasteiger partial charge in [-0.15, -0.1) is 0 Å². The monoisotopic (exact) mass is 213 g/mol. The van der Waals surface area contributed by atoms with Crippen LogP contribution in [0.15, 0.2) is 0 Å². The number of nitrogens with one attached hydrogen (secondary N) is 1. The lowest BCUT2D eigenvalue weighted by Gasteiger charge is -2.45. The average Bonchev–Trinajstić information content (AvgIpc) is 2.31. The highest BCUT2D eigenvalue weighted by atomic mass is 32.2. The summed E-state index contributed by atoms with van der Waals surface area (Å²) in [4.78, 5) is 0. The van der Waals surface area contributed by atoms with Crippen LogP contribution in [-0.4, -0.2) is 23.1 Å². The van der Waals surface area contributed by atoms with Gasteiger partial charge in [-0.2, -0.15) is 11.8 Å². The normalized spacial score (nSPS) is 39.6. The number of hydrogen-bond acceptors (Lipinski definition) is 2. The largest absolute Gasteiger partial charge is 0.310 e. The fourth-order valence-electron chi connectivity index (χ4n) is 2.97. The molecule has 2 atom stereocenters. The highest BCUT2D eigenvalue weighted by Crippen LogP contribution is 2.39. The Morgan fingerprint density at radius 3 is 2.79 bits per heavy atom. The van der Waals surface area contributed by atoms with Gasteiger partial charge in [-0.25, -0.2) is 0 Å². The van der Waals surface area contributed by atoms with Gasteiger partial charge in [0, 0.05) is 10.8 Å². The molecule has 2 unspecified atom stereocenters. The van der Waals surface area contributed by atoms with Crippen LogP contribution in [0.2, 0.25) is 0 Å². The summed E-state index contributed by atoms with van der Waals surface area (Å²) in [7, 11) is 0. The van der Waals surface area contributed by atoms with Gasteiger partial charge in [0.15, 0.2) is 0 Å². The Morgan fingerprint density at radius 2 is 2.21 bits per heavy atom. The molecule has 2 heterocycles. The Hall–Kier alpha value is 0.310. The third-order valence-corrected chi connectivity index (χ3v) is 5.57. The van der Waals surface area contributed by atoms with Gasteiger partial charge in [0.2, 0.25) is 0 Å². The molecule has 0 aromatic rings. The molecular formula is C12H23NS. The molecular weight excluding hydrogens is 190 g/mol. The molecule has 0 aromatic carbocycles. The van der Waals surface area contributed by atoms with Crippen molar-refractivity contribution in [3.05, 3.63) is 0 Å². The van der Waals surface area contributed by atoms with Crippen molar-refractivity contribution in [2.75, 3.05) is 12.3 Å². The molecule has 14 heavy (non-hydrogen) atoms. The summed E-state index contributed by atoms with van der Waals surface area (Å²) in [6, 6.07) is 0. The standard InChI is InChI=1S/C12H23NS/c1-2-12(8-4-5-9-13-12)11-7-3-6-10-14-11/h11,13H,2-10H2,1H3. The van der Waals surface area contributed by atoms with Gasteiger partial charge < -0.3 is 5.32 Å². The molecule has 0 saturated carbocycles. The van der Waals surface area contributed by atoms with Crippen molar-refractivity contribution < 1.29 is 0 Å². The van der Waals surface area contributed by atoms with Crippen LogP contribution < -0.4 is 5.32 Å². The van der Waals surface area contributed by atoms with Crippen molar-refractivity contribution >= 4 is 11.8 Å². The highest BCUT2D eigenvalue weighted by Gasteiger charge is 2.38. The van der Waals surface area contributed by atoms with Gasteiger partial charge in [-0.3, -0.25) is 0 Å². The molecule has 1 nitrogen and oxygen atoms in total. The van der Waals surface area contributed by atoms with Gasteiger partial charge >= 0.3 is 0 Å². The number of rotatable bonds is 2. The van der Waals surface area contributed by atoms with Crippen molar-refractivity contribution in [2.45, 2.75) is 62.7 Å². The minimum atomic E-state index is 0.503. The molecule has 2 aliphatic heterocycles. The third kappa shape index (κ3) is 2.11. The summed E-state index contributed by atoms with van der Waals surface area (Å²) in [6.45, 7) is 3.62. The van der Waals surface area contributed by atoms with E-state index in [9.17, 15) is 0 Å². The van der Waals surface area contributed by atoms with Crippen LogP contribution in [0.1, 0.15) is 51.9 Å². The van der Waals surface area contributed by atoms with Crippen molar-refractivity contribution in [1.82, 2.24) is 5.32 Å². The molecule has 2 heteroatoms. The van der Waals surface area contributed by atoms with Gasteiger partial charge in [0.1, 0.15) is 0 Å². The van der Waals surface area contributed by atoms with Gasteiger partial charge in [-0.1, -0.05) is 19.8 Å². The molecule has 1 N–H and O–H groups in total. The van der Waals surface area contributed by atoms with Crippen LogP contribution in [-0.2, 0) is 0 Å². The van der Waals surface area contributed by atoms with Crippen LogP contribution in [0, 0.1) is 0 Å². The summed E-state index contributed by atoms with van der Waals surface area (Å²) in [5.41, 5.74) is 0.503. The van der Waals surface area contributed by atoms with E-state index in [1.807, 2.05) is 0 Å². The first-order chi connectivity index (χ1) is 6.87. The second kappa shape index (κ2) is 4.89. The van der Waals surface area contributed by atoms with Gasteiger partial charge in [-0.05, 0) is 44.4 Å². The molecule has 0 radical (unpaired) electrons. The highest BCUT2D eigenvalue weighted by molar-refractivity contribution is 8.00. The summed E-state index contributed by atoms with van der Waals surface area (Å²) in [5, 5.41) is 4.74. The minimum absolute atomic E-state index is 0.503. The van der Waals surface area contributed by atoms with E-state index < -0.39 is 0 Å². The second-order valence-electron chi connectivity index (χ2n) is 4.75. The summed E-state index contributed by atoms with van der Waals surface area (Å²) < 4.78 is 0. The van der Waals surface area contributed by atoms with Crippen LogP contribution in [0.4, 0.5) is 0 Å². The molecule has 0 amide bonds. The Kier molecular flexibility index (Phi) is 3.78. The zero-order valence-electron chi connectivity index (χ0n) is 9.35. The summed E-state index contributed by atoms with van der Waals surface area (Å²) in [6.07, 6.45) is 9.93. The Bertz CT molecular complexity index is 169. The second-order valence-corrected chi connectivity index (χ2v) is 6.06. The van der Waals surface area contributed by atoms with E-state index in [2.05, 4.69) is 24.0 Å². The van der Waals surface area contributed by atoms with Crippen LogP contribution in [0.25, 0.3) is 0 Å². The lowest BCUT2D eigenvalue weighted by molar-refractivity contribution is 0.228. The van der Waals surface area contributed by atoms with E-state index >= 15 is 0 Å². The van der Waals surface area contributed by atoms with E-state index in [0.29, 0.717) is 5.54 Å². The number of hydrogen-bond donors (Lipinski definition) is 1. The van der Waals surface area contributed by atoms with E-state index in [-0.39, 0.29) is 0 Å². The fraction of sp³-hybridized carbons (Fsp3) is 1.00. The quantitative estimate of drug-likeness (QED) is 0.756. The molecule has 0 spiro atoms. The average molecular weight is 213 g/mol. The zero-order chi connectivity index (χ0) is 9.86. The fourth-order valence-corrected chi connectivity index (χ4v) is 4.65. The van der Waals surface area contributed by atoms with Gasteiger partial charge in [0.25, 0.3) is 0 Å². The molecule has 2 fully saturated rings. The van der Waals surface area contributed by atoms with Crippen molar-refractivity contribution in [3.63, 3.8) is 0 Å². The maximum atomic E-state index is 3.83. The molecule has 82 valence electrons. The topological polar surface area (TPSA) is 12.0 Å². The molecule has 0 aliphatic carbocycles. The Morgan fingerprint density at radius 1 is 1.29 bits per heavy atom. The van der Waals surface area contributed by atoms with Crippen molar-refractivity contribution in [3.8, 4) is 0 Å². The van der Waals surface area contributed by atoms with Crippen molar-refractivity contribution in [2.24, 2.45) is 0 Å². The SMILES string of the molecule is CCC1(C2CCCCS2)CCCCN1. The Labute approximate surface area is 92.4 Å². The Balaban J connectivity index is 2.01. The maximum absolute atomic E-state index is 3.83. The number of piperidine rings is 1. The van der Waals surface area contributed by atoms with E-state index in [0.717, 1.165) is 5.25 Å². The number of thioether (sulfide) groups is 1. The predicted octanol–water partition coefficient (Wildman–Crippen LogP) is 3.19. The van der Waals surface area contributed by atoms with Gasteiger partial charge in [0.05, 0.1) is 0 Å². The molecule has 0 bridgehead atoms. The lowest BCUT2D eigenvalue weighted by Crippen LogP contribution is -2.55. The minimum Gasteiger partial charge on any atom is -0.310 e. The molecule has 2 saturated heterocycles. The predicted molar refractivity (Wildman–Crippen MR) is 65.0 cm³/mol. The first-order valence-electron chi connectivity index (χ1n) is 6.24. The maximum Gasteiger partial charge on any atom is 0.0297 e. The van der Waals surface area contributed by atoms with E-state index in [1.54, 1.807) is 0 Å². The summed E-state index contributed by atoms with van der Waals surface area (Å²) >= 11 is 2.23. The first kappa shape index (κ1) is 10.8. The van der Waals surface area contributed by atoms with Crippen molar-refractivity contribution in [1.29, 1.82) is 0 Å². The summed E-state index contributed by atoms with van der Waals surface area (Å²) in [5.74, 6) is 1.40. The third-order valence-electron chi connectivity index (χ3n) is 3.95. The zero-order valence-corrected chi connectivity index (χ0v) is 10.2.